The Labute approximate surface area is 97.2 Å². The Morgan fingerprint density at radius 3 is 2.20 bits per heavy atom. The van der Waals surface area contributed by atoms with Crippen molar-refractivity contribution in [3.63, 3.8) is 0 Å². The first-order valence-corrected chi connectivity index (χ1v) is 5.13. The van der Waals surface area contributed by atoms with Crippen LogP contribution in [0.15, 0.2) is 18.2 Å². The van der Waals surface area contributed by atoms with Gasteiger partial charge in [-0.3, -0.25) is 0 Å². The summed E-state index contributed by atoms with van der Waals surface area (Å²) in [7, 11) is 0. The van der Waals surface area contributed by atoms with Gasteiger partial charge in [0.05, 0.1) is 0 Å². The van der Waals surface area contributed by atoms with E-state index in [9.17, 15) is 0 Å². The lowest BCUT2D eigenvalue weighted by molar-refractivity contribution is 0.137. The van der Waals surface area contributed by atoms with Crippen molar-refractivity contribution in [1.82, 2.24) is 0 Å². The number of carboxylic acid groups (broad SMARTS) is 2. The third kappa shape index (κ3) is 4.40. The van der Waals surface area contributed by atoms with E-state index in [-0.39, 0.29) is 0 Å². The normalized spacial score (nSPS) is 14.0. The first kappa shape index (κ1) is 12.1. The molecule has 3 nitrogen and oxygen atoms in total. The molecule has 0 bridgehead atoms. The second-order valence-corrected chi connectivity index (χ2v) is 4.07. The average Bonchev–Trinajstić information content (AvgIpc) is 2.85. The molecule has 0 unspecified atom stereocenters. The predicted molar refractivity (Wildman–Crippen MR) is 59.1 cm³/mol. The van der Waals surface area contributed by atoms with E-state index in [0.29, 0.717) is 5.92 Å². The first-order valence-electron chi connectivity index (χ1n) is 4.37. The average molecular weight is 249 g/mol. The van der Waals surface area contributed by atoms with Crippen LogP contribution in [0.5, 0.6) is 0 Å². The minimum absolute atomic E-state index is 0.708. The van der Waals surface area contributed by atoms with Crippen LogP contribution in [0, 0.1) is 0 Å². The van der Waals surface area contributed by atoms with E-state index in [1.54, 1.807) is 0 Å². The standard InChI is InChI=1S/C9H8Cl2.CH2O3/c10-7-3-4-8(6-1-2-6)9(11)5-7;2-1(3)4/h3-6H,1-2H2;(H2,2,3,4). The van der Waals surface area contributed by atoms with Crippen LogP contribution in [0.25, 0.3) is 0 Å². The summed E-state index contributed by atoms with van der Waals surface area (Å²) in [6.45, 7) is 0. The molecule has 2 N–H and O–H groups in total. The number of benzene rings is 1. The SMILES string of the molecule is Clc1ccc(C2CC2)c(Cl)c1.O=C(O)O. The smallest absolute Gasteiger partial charge is 0.450 e. The molecule has 1 aliphatic rings. The van der Waals surface area contributed by atoms with Crippen LogP contribution in [0.3, 0.4) is 0 Å². The Hall–Kier alpha value is -0.930. The van der Waals surface area contributed by atoms with Crippen molar-refractivity contribution in [2.24, 2.45) is 0 Å². The third-order valence-electron chi connectivity index (χ3n) is 1.98. The Morgan fingerprint density at radius 1 is 1.27 bits per heavy atom. The molecule has 5 heteroatoms. The maximum Gasteiger partial charge on any atom is 0.503 e. The van der Waals surface area contributed by atoms with Gasteiger partial charge in [-0.2, -0.15) is 0 Å². The van der Waals surface area contributed by atoms with Gasteiger partial charge in [0.1, 0.15) is 0 Å². The highest BCUT2D eigenvalue weighted by atomic mass is 35.5. The molecule has 1 aliphatic carbocycles. The molecule has 0 aromatic heterocycles. The molecule has 82 valence electrons. The number of hydrogen-bond donors (Lipinski definition) is 2. The lowest BCUT2D eigenvalue weighted by Gasteiger charge is -2.00. The number of hydrogen-bond acceptors (Lipinski definition) is 1. The zero-order valence-corrected chi connectivity index (χ0v) is 9.29. The highest BCUT2D eigenvalue weighted by molar-refractivity contribution is 6.35. The largest absolute Gasteiger partial charge is 0.503 e. The molecule has 0 saturated heterocycles. The van der Waals surface area contributed by atoms with E-state index in [0.717, 1.165) is 10.0 Å². The van der Waals surface area contributed by atoms with Crippen molar-refractivity contribution in [3.8, 4) is 0 Å². The summed E-state index contributed by atoms with van der Waals surface area (Å²) in [5.74, 6) is 0.708. The van der Waals surface area contributed by atoms with Gasteiger partial charge in [-0.25, -0.2) is 4.79 Å². The van der Waals surface area contributed by atoms with Gasteiger partial charge in [0.25, 0.3) is 0 Å². The van der Waals surface area contributed by atoms with Crippen LogP contribution in [0.1, 0.15) is 24.3 Å². The highest BCUT2D eigenvalue weighted by Crippen LogP contribution is 2.43. The van der Waals surface area contributed by atoms with E-state index >= 15 is 0 Å². The van der Waals surface area contributed by atoms with Gasteiger partial charge in [-0.15, -0.1) is 0 Å². The van der Waals surface area contributed by atoms with Gasteiger partial charge < -0.3 is 10.2 Å². The van der Waals surface area contributed by atoms with Crippen LogP contribution in [0.2, 0.25) is 10.0 Å². The summed E-state index contributed by atoms with van der Waals surface area (Å²) < 4.78 is 0. The summed E-state index contributed by atoms with van der Waals surface area (Å²) in [6.07, 6.45) is 0.725. The Kier molecular flexibility index (Phi) is 4.24. The fourth-order valence-corrected chi connectivity index (χ4v) is 1.79. The van der Waals surface area contributed by atoms with Crippen molar-refractivity contribution in [3.05, 3.63) is 33.8 Å². The van der Waals surface area contributed by atoms with Gasteiger partial charge in [0.15, 0.2) is 0 Å². The maximum absolute atomic E-state index is 8.56. The lowest BCUT2D eigenvalue weighted by Crippen LogP contribution is -1.81. The van der Waals surface area contributed by atoms with E-state index in [4.69, 9.17) is 38.2 Å². The molecule has 1 aromatic rings. The number of rotatable bonds is 1. The highest BCUT2D eigenvalue weighted by Gasteiger charge is 2.25. The maximum atomic E-state index is 8.56. The van der Waals surface area contributed by atoms with Gasteiger partial charge in [-0.1, -0.05) is 29.3 Å². The molecule has 0 heterocycles. The van der Waals surface area contributed by atoms with Crippen LogP contribution in [-0.2, 0) is 0 Å². The summed E-state index contributed by atoms with van der Waals surface area (Å²) in [5.41, 5.74) is 1.26. The second-order valence-electron chi connectivity index (χ2n) is 3.22. The van der Waals surface area contributed by atoms with Crippen molar-refractivity contribution in [2.45, 2.75) is 18.8 Å². The first-order chi connectivity index (χ1) is 7.00. The molecule has 0 spiro atoms. The molecule has 1 saturated carbocycles. The molecular formula is C10H10Cl2O3. The molecule has 1 aromatic carbocycles. The van der Waals surface area contributed by atoms with Crippen LogP contribution < -0.4 is 0 Å². The zero-order valence-electron chi connectivity index (χ0n) is 7.78. The minimum atomic E-state index is -1.83. The van der Waals surface area contributed by atoms with Gasteiger partial charge in [-0.05, 0) is 36.5 Å². The summed E-state index contributed by atoms with van der Waals surface area (Å²) in [4.78, 5) is 8.56. The summed E-state index contributed by atoms with van der Waals surface area (Å²) in [6, 6.07) is 5.75. The van der Waals surface area contributed by atoms with Gasteiger partial charge in [0.2, 0.25) is 0 Å². The third-order valence-corrected chi connectivity index (χ3v) is 2.54. The van der Waals surface area contributed by atoms with Gasteiger partial charge >= 0.3 is 6.16 Å². The minimum Gasteiger partial charge on any atom is -0.450 e. The van der Waals surface area contributed by atoms with Crippen LogP contribution >= 0.6 is 23.2 Å². The predicted octanol–water partition coefficient (Wildman–Crippen LogP) is 4.09. The van der Waals surface area contributed by atoms with Gasteiger partial charge in [0, 0.05) is 10.0 Å². The van der Waals surface area contributed by atoms with Crippen LogP contribution in [-0.4, -0.2) is 16.4 Å². The number of carbonyl (C=O) groups is 1. The van der Waals surface area contributed by atoms with Crippen molar-refractivity contribution < 1.29 is 15.0 Å². The Balaban J connectivity index is 0.000000245. The Morgan fingerprint density at radius 2 is 1.80 bits per heavy atom. The summed E-state index contributed by atoms with van der Waals surface area (Å²) in [5, 5.41) is 15.5. The van der Waals surface area contributed by atoms with E-state index in [1.807, 2.05) is 18.2 Å². The van der Waals surface area contributed by atoms with Crippen molar-refractivity contribution >= 4 is 29.4 Å². The monoisotopic (exact) mass is 248 g/mol. The molecule has 0 atom stereocenters. The Bertz CT molecular complexity index is 358. The topological polar surface area (TPSA) is 57.5 Å². The van der Waals surface area contributed by atoms with Crippen LogP contribution in [0.4, 0.5) is 4.79 Å². The van der Waals surface area contributed by atoms with Crippen molar-refractivity contribution in [2.75, 3.05) is 0 Å². The quantitative estimate of drug-likeness (QED) is 0.787. The molecule has 15 heavy (non-hydrogen) atoms. The number of halogens is 2. The molecule has 2 rings (SSSR count). The molecule has 0 aliphatic heterocycles. The fourth-order valence-electron chi connectivity index (χ4n) is 1.23. The van der Waals surface area contributed by atoms with Crippen molar-refractivity contribution in [1.29, 1.82) is 0 Å². The van der Waals surface area contributed by atoms with E-state index in [2.05, 4.69) is 0 Å². The fraction of sp³-hybridized carbons (Fsp3) is 0.300. The molecule has 0 radical (unpaired) electrons. The zero-order chi connectivity index (χ0) is 11.4. The van der Waals surface area contributed by atoms with E-state index in [1.165, 1.54) is 18.4 Å². The lowest BCUT2D eigenvalue weighted by atomic mass is 10.1. The summed E-state index contributed by atoms with van der Waals surface area (Å²) >= 11 is 11.7. The molecular weight excluding hydrogens is 239 g/mol. The molecule has 1 fully saturated rings. The second kappa shape index (κ2) is 5.24. The van der Waals surface area contributed by atoms with E-state index < -0.39 is 6.16 Å². The molecule has 0 amide bonds.